The van der Waals surface area contributed by atoms with Crippen molar-refractivity contribution in [2.75, 3.05) is 24.5 Å². The monoisotopic (exact) mass is 195 g/mol. The third-order valence-corrected chi connectivity index (χ3v) is 2.06. The molecule has 1 aliphatic heterocycles. The first-order chi connectivity index (χ1) is 6.75. The number of halogens is 1. The second kappa shape index (κ2) is 3.61. The predicted molar refractivity (Wildman–Crippen MR) is 49.4 cm³/mol. The maximum Gasteiger partial charge on any atom is 0.239 e. The number of hydrogen-bond acceptors (Lipinski definition) is 3. The second-order valence-corrected chi connectivity index (χ2v) is 3.09. The van der Waals surface area contributed by atoms with Gasteiger partial charge in [0.2, 0.25) is 11.9 Å². The van der Waals surface area contributed by atoms with Gasteiger partial charge in [0.25, 0.3) is 0 Å². The van der Waals surface area contributed by atoms with Crippen LogP contribution < -0.4 is 10.2 Å². The zero-order chi connectivity index (χ0) is 9.97. The Bertz CT molecular complexity index is 356. The van der Waals surface area contributed by atoms with Crippen molar-refractivity contribution in [3.63, 3.8) is 0 Å². The van der Waals surface area contributed by atoms with Crippen molar-refractivity contribution >= 4 is 11.7 Å². The molecular formula is C9H10FN3O. The van der Waals surface area contributed by atoms with E-state index in [0.717, 1.165) is 0 Å². The lowest BCUT2D eigenvalue weighted by Gasteiger charge is -2.27. The molecule has 2 heterocycles. The Kier molecular flexibility index (Phi) is 2.30. The van der Waals surface area contributed by atoms with Gasteiger partial charge in [-0.05, 0) is 12.1 Å². The lowest BCUT2D eigenvalue weighted by Crippen LogP contribution is -2.48. The standard InChI is InChI=1S/C9H10FN3O/c10-7-2-1-3-8(12-7)13-5-4-11-9(14)6-13/h1-3H,4-6H2,(H,11,14). The maximum absolute atomic E-state index is 12.8. The van der Waals surface area contributed by atoms with E-state index >= 15 is 0 Å². The molecule has 1 aliphatic rings. The second-order valence-electron chi connectivity index (χ2n) is 3.09. The summed E-state index contributed by atoms with van der Waals surface area (Å²) in [6.45, 7) is 1.50. The van der Waals surface area contributed by atoms with Crippen LogP contribution in [-0.4, -0.2) is 30.5 Å². The number of rotatable bonds is 1. The molecule has 0 aliphatic carbocycles. The Morgan fingerprint density at radius 1 is 1.50 bits per heavy atom. The van der Waals surface area contributed by atoms with Gasteiger partial charge in [-0.3, -0.25) is 4.79 Å². The molecule has 1 amide bonds. The van der Waals surface area contributed by atoms with Gasteiger partial charge in [0, 0.05) is 13.1 Å². The molecule has 1 fully saturated rings. The van der Waals surface area contributed by atoms with E-state index in [1.807, 2.05) is 0 Å². The summed E-state index contributed by atoms with van der Waals surface area (Å²) in [5.74, 6) is -0.0596. The van der Waals surface area contributed by atoms with Gasteiger partial charge in [0.15, 0.2) is 0 Å². The van der Waals surface area contributed by atoms with Crippen LogP contribution >= 0.6 is 0 Å². The summed E-state index contributed by atoms with van der Waals surface area (Å²) in [4.78, 5) is 16.5. The predicted octanol–water partition coefficient (Wildman–Crippen LogP) is 0.157. The van der Waals surface area contributed by atoms with Gasteiger partial charge in [0.1, 0.15) is 5.82 Å². The first-order valence-electron chi connectivity index (χ1n) is 4.40. The molecule has 1 N–H and O–H groups in total. The highest BCUT2D eigenvalue weighted by Gasteiger charge is 2.17. The van der Waals surface area contributed by atoms with E-state index in [1.165, 1.54) is 6.07 Å². The number of carbonyl (C=O) groups is 1. The molecule has 0 unspecified atom stereocenters. The van der Waals surface area contributed by atoms with Gasteiger partial charge in [-0.1, -0.05) is 6.07 Å². The molecule has 0 aromatic carbocycles. The number of aromatic nitrogens is 1. The van der Waals surface area contributed by atoms with E-state index in [0.29, 0.717) is 18.9 Å². The number of pyridine rings is 1. The van der Waals surface area contributed by atoms with Crippen molar-refractivity contribution in [1.29, 1.82) is 0 Å². The molecule has 0 saturated carbocycles. The Balaban J connectivity index is 2.17. The fourth-order valence-electron chi connectivity index (χ4n) is 1.41. The van der Waals surface area contributed by atoms with E-state index in [2.05, 4.69) is 10.3 Å². The van der Waals surface area contributed by atoms with Gasteiger partial charge in [-0.25, -0.2) is 4.98 Å². The summed E-state index contributed by atoms with van der Waals surface area (Å²) in [6, 6.07) is 4.57. The minimum Gasteiger partial charge on any atom is -0.353 e. The molecule has 1 saturated heterocycles. The van der Waals surface area contributed by atoms with Crippen molar-refractivity contribution in [1.82, 2.24) is 10.3 Å². The number of amides is 1. The molecular weight excluding hydrogens is 185 g/mol. The van der Waals surface area contributed by atoms with E-state index < -0.39 is 5.95 Å². The van der Waals surface area contributed by atoms with Crippen molar-refractivity contribution in [3.05, 3.63) is 24.1 Å². The molecule has 1 aromatic heterocycles. The molecule has 2 rings (SSSR count). The topological polar surface area (TPSA) is 45.2 Å². The normalized spacial score (nSPS) is 16.6. The van der Waals surface area contributed by atoms with Crippen LogP contribution in [0.5, 0.6) is 0 Å². The number of anilines is 1. The lowest BCUT2D eigenvalue weighted by atomic mass is 10.3. The van der Waals surface area contributed by atoms with E-state index in [-0.39, 0.29) is 12.5 Å². The van der Waals surface area contributed by atoms with Gasteiger partial charge in [-0.15, -0.1) is 0 Å². The van der Waals surface area contributed by atoms with Crippen molar-refractivity contribution in [2.24, 2.45) is 0 Å². The largest absolute Gasteiger partial charge is 0.353 e. The number of nitrogens with zero attached hydrogens (tertiary/aromatic N) is 2. The zero-order valence-electron chi connectivity index (χ0n) is 7.53. The van der Waals surface area contributed by atoms with E-state index in [9.17, 15) is 9.18 Å². The van der Waals surface area contributed by atoms with Crippen molar-refractivity contribution in [3.8, 4) is 0 Å². The van der Waals surface area contributed by atoms with Crippen LogP contribution in [0.25, 0.3) is 0 Å². The van der Waals surface area contributed by atoms with E-state index in [1.54, 1.807) is 17.0 Å². The fourth-order valence-corrected chi connectivity index (χ4v) is 1.41. The molecule has 0 radical (unpaired) electrons. The highest BCUT2D eigenvalue weighted by Crippen LogP contribution is 2.11. The average molecular weight is 195 g/mol. The van der Waals surface area contributed by atoms with Crippen LogP contribution in [0.4, 0.5) is 10.2 Å². The van der Waals surface area contributed by atoms with Gasteiger partial charge in [0.05, 0.1) is 6.54 Å². The third-order valence-electron chi connectivity index (χ3n) is 2.06. The summed E-state index contributed by atoms with van der Waals surface area (Å²) in [5, 5.41) is 2.69. The van der Waals surface area contributed by atoms with Gasteiger partial charge >= 0.3 is 0 Å². The zero-order valence-corrected chi connectivity index (χ0v) is 7.53. The summed E-state index contributed by atoms with van der Waals surface area (Å²) < 4.78 is 12.8. The van der Waals surface area contributed by atoms with Crippen LogP contribution in [0.2, 0.25) is 0 Å². The minimum absolute atomic E-state index is 0.0534. The Morgan fingerprint density at radius 3 is 3.07 bits per heavy atom. The number of nitrogens with one attached hydrogen (secondary N) is 1. The molecule has 74 valence electrons. The smallest absolute Gasteiger partial charge is 0.239 e. The fraction of sp³-hybridized carbons (Fsp3) is 0.333. The molecule has 4 nitrogen and oxygen atoms in total. The Morgan fingerprint density at radius 2 is 2.36 bits per heavy atom. The Labute approximate surface area is 80.7 Å². The van der Waals surface area contributed by atoms with E-state index in [4.69, 9.17) is 0 Å². The summed E-state index contributed by atoms with van der Waals surface area (Å²) in [5.41, 5.74) is 0. The van der Waals surface area contributed by atoms with Crippen LogP contribution in [0.3, 0.4) is 0 Å². The molecule has 1 aromatic rings. The van der Waals surface area contributed by atoms with Gasteiger partial charge in [-0.2, -0.15) is 4.39 Å². The van der Waals surface area contributed by atoms with Crippen molar-refractivity contribution in [2.45, 2.75) is 0 Å². The molecule has 5 heteroatoms. The van der Waals surface area contributed by atoms with Crippen LogP contribution in [0, 0.1) is 5.95 Å². The highest BCUT2D eigenvalue weighted by molar-refractivity contribution is 5.82. The molecule has 0 bridgehead atoms. The summed E-state index contributed by atoms with van der Waals surface area (Å²) in [7, 11) is 0. The lowest BCUT2D eigenvalue weighted by molar-refractivity contribution is -0.120. The number of hydrogen-bond donors (Lipinski definition) is 1. The summed E-state index contributed by atoms with van der Waals surface area (Å²) in [6.07, 6.45) is 0. The molecule has 0 atom stereocenters. The van der Waals surface area contributed by atoms with Gasteiger partial charge < -0.3 is 10.2 Å². The summed E-state index contributed by atoms with van der Waals surface area (Å²) >= 11 is 0. The van der Waals surface area contributed by atoms with Crippen LogP contribution in [0.15, 0.2) is 18.2 Å². The van der Waals surface area contributed by atoms with Crippen LogP contribution in [-0.2, 0) is 4.79 Å². The molecule has 14 heavy (non-hydrogen) atoms. The van der Waals surface area contributed by atoms with Crippen LogP contribution in [0.1, 0.15) is 0 Å². The SMILES string of the molecule is O=C1CN(c2cccc(F)n2)CCN1. The molecule has 0 spiro atoms. The first kappa shape index (κ1) is 8.93. The Hall–Kier alpha value is -1.65. The highest BCUT2D eigenvalue weighted by atomic mass is 19.1. The van der Waals surface area contributed by atoms with Crippen molar-refractivity contribution < 1.29 is 9.18 Å². The maximum atomic E-state index is 12.8. The third kappa shape index (κ3) is 1.81. The first-order valence-corrected chi connectivity index (χ1v) is 4.40. The quantitative estimate of drug-likeness (QED) is 0.649. The number of carbonyl (C=O) groups excluding carboxylic acids is 1. The average Bonchev–Trinajstić information content (AvgIpc) is 2.18. The number of piperazine rings is 1. The minimum atomic E-state index is -0.520.